The highest BCUT2D eigenvalue weighted by atomic mass is 19.1. The van der Waals surface area contributed by atoms with Crippen molar-refractivity contribution in [1.29, 1.82) is 5.26 Å². The van der Waals surface area contributed by atoms with Crippen LogP contribution in [-0.2, 0) is 0 Å². The molecule has 0 saturated carbocycles. The molecule has 1 heterocycles. The van der Waals surface area contributed by atoms with Crippen molar-refractivity contribution in [3.8, 4) is 6.07 Å². The number of hydrogen-bond acceptors (Lipinski definition) is 5. The number of hydrogen-bond donors (Lipinski definition) is 1. The molecule has 0 radical (unpaired) electrons. The normalized spacial score (nSPS) is 10.5. The molecule has 18 heavy (non-hydrogen) atoms. The van der Waals surface area contributed by atoms with Crippen LogP contribution in [0.4, 0.5) is 10.3 Å². The van der Waals surface area contributed by atoms with Gasteiger partial charge in [0.2, 0.25) is 5.69 Å². The molecule has 0 aliphatic carbocycles. The van der Waals surface area contributed by atoms with Gasteiger partial charge in [0.05, 0.1) is 6.21 Å². The molecular weight excluding hydrogens is 235 g/mol. The van der Waals surface area contributed by atoms with Crippen LogP contribution in [0.1, 0.15) is 17.1 Å². The quantitative estimate of drug-likeness (QED) is 0.664. The fourth-order valence-corrected chi connectivity index (χ4v) is 1.33. The van der Waals surface area contributed by atoms with Crippen LogP contribution in [0.3, 0.4) is 0 Å². The van der Waals surface area contributed by atoms with Gasteiger partial charge in [0, 0.05) is 6.92 Å². The van der Waals surface area contributed by atoms with Crippen LogP contribution in [0.2, 0.25) is 0 Å². The van der Waals surface area contributed by atoms with Gasteiger partial charge >= 0.3 is 0 Å². The first-order chi connectivity index (χ1) is 8.69. The molecule has 0 atom stereocenters. The van der Waals surface area contributed by atoms with E-state index in [1.807, 2.05) is 6.07 Å². The average Bonchev–Trinajstić information content (AvgIpc) is 2.70. The van der Waals surface area contributed by atoms with Crippen LogP contribution >= 0.6 is 0 Å². The molecule has 1 N–H and O–H groups in total. The van der Waals surface area contributed by atoms with E-state index < -0.39 is 0 Å². The molecule has 0 saturated heterocycles. The maximum atomic E-state index is 12.9. The molecule has 1 aromatic heterocycles. The second kappa shape index (κ2) is 5.10. The third-order valence-electron chi connectivity index (χ3n) is 2.07. The molecular formula is C12H9FN4O. The zero-order valence-electron chi connectivity index (χ0n) is 9.51. The molecule has 5 nitrogen and oxygen atoms in total. The van der Waals surface area contributed by atoms with E-state index in [0.29, 0.717) is 11.5 Å². The minimum atomic E-state index is -0.341. The van der Waals surface area contributed by atoms with E-state index in [1.54, 1.807) is 19.1 Å². The van der Waals surface area contributed by atoms with Crippen LogP contribution in [0.5, 0.6) is 0 Å². The molecule has 0 spiro atoms. The number of aryl methyl sites for hydroxylation is 1. The van der Waals surface area contributed by atoms with Crippen molar-refractivity contribution in [2.45, 2.75) is 6.92 Å². The Bertz CT molecular complexity index is 627. The van der Waals surface area contributed by atoms with Crippen LogP contribution < -0.4 is 5.43 Å². The Balaban J connectivity index is 2.10. The minimum absolute atomic E-state index is 0.129. The molecule has 0 amide bonds. The fraction of sp³-hybridized carbons (Fsp3) is 0.0833. The van der Waals surface area contributed by atoms with E-state index in [1.165, 1.54) is 18.3 Å². The van der Waals surface area contributed by atoms with E-state index in [9.17, 15) is 4.39 Å². The summed E-state index contributed by atoms with van der Waals surface area (Å²) >= 11 is 0. The van der Waals surface area contributed by atoms with Crippen molar-refractivity contribution in [1.82, 2.24) is 4.98 Å². The van der Waals surface area contributed by atoms with Gasteiger partial charge in [-0.05, 0) is 17.7 Å². The number of oxazole rings is 1. The van der Waals surface area contributed by atoms with Crippen molar-refractivity contribution in [3.63, 3.8) is 0 Å². The summed E-state index contributed by atoms with van der Waals surface area (Å²) in [6.45, 7) is 1.63. The van der Waals surface area contributed by atoms with Crippen molar-refractivity contribution in [2.75, 3.05) is 5.43 Å². The predicted molar refractivity (Wildman–Crippen MR) is 63.6 cm³/mol. The third kappa shape index (κ3) is 2.71. The number of aromatic nitrogens is 1. The first-order valence-electron chi connectivity index (χ1n) is 5.11. The standard InChI is InChI=1S/C12H9FN4O/c1-8-16-11(6-14)12(18-8)17-15-7-9-3-2-4-10(13)5-9/h2-5,7,17H,1H3. The monoisotopic (exact) mass is 244 g/mol. The van der Waals surface area contributed by atoms with Gasteiger partial charge in [0.25, 0.3) is 5.88 Å². The number of benzene rings is 1. The van der Waals surface area contributed by atoms with Crippen molar-refractivity contribution >= 4 is 12.1 Å². The number of nitrogens with one attached hydrogen (secondary N) is 1. The average molecular weight is 244 g/mol. The molecule has 0 bridgehead atoms. The van der Waals surface area contributed by atoms with Gasteiger partial charge in [-0.1, -0.05) is 12.1 Å². The zero-order chi connectivity index (χ0) is 13.0. The zero-order valence-corrected chi connectivity index (χ0v) is 9.51. The summed E-state index contributed by atoms with van der Waals surface area (Å²) in [5, 5.41) is 12.6. The Hall–Kier alpha value is -2.68. The summed E-state index contributed by atoms with van der Waals surface area (Å²) < 4.78 is 18.0. The molecule has 2 rings (SSSR count). The van der Waals surface area contributed by atoms with E-state index in [4.69, 9.17) is 9.68 Å². The molecule has 6 heteroatoms. The van der Waals surface area contributed by atoms with Gasteiger partial charge in [-0.25, -0.2) is 14.8 Å². The Morgan fingerprint density at radius 3 is 3.11 bits per heavy atom. The molecule has 2 aromatic rings. The number of hydrazone groups is 1. The number of rotatable bonds is 3. The first-order valence-corrected chi connectivity index (χ1v) is 5.11. The first kappa shape index (κ1) is 11.8. The fourth-order valence-electron chi connectivity index (χ4n) is 1.33. The van der Waals surface area contributed by atoms with E-state index in [-0.39, 0.29) is 17.4 Å². The smallest absolute Gasteiger partial charge is 0.252 e. The van der Waals surface area contributed by atoms with E-state index in [0.717, 1.165) is 0 Å². The maximum Gasteiger partial charge on any atom is 0.252 e. The highest BCUT2D eigenvalue weighted by molar-refractivity contribution is 5.80. The van der Waals surface area contributed by atoms with E-state index >= 15 is 0 Å². The molecule has 0 aliphatic rings. The van der Waals surface area contributed by atoms with E-state index in [2.05, 4.69) is 15.5 Å². The van der Waals surface area contributed by atoms with Gasteiger partial charge in [-0.2, -0.15) is 10.4 Å². The topological polar surface area (TPSA) is 74.2 Å². The van der Waals surface area contributed by atoms with Gasteiger partial charge in [-0.3, -0.25) is 0 Å². The Kier molecular flexibility index (Phi) is 3.34. The number of nitriles is 1. The molecule has 0 fully saturated rings. The summed E-state index contributed by atoms with van der Waals surface area (Å²) in [7, 11) is 0. The summed E-state index contributed by atoms with van der Waals surface area (Å²) in [6.07, 6.45) is 1.42. The third-order valence-corrected chi connectivity index (χ3v) is 2.07. The molecule has 90 valence electrons. The van der Waals surface area contributed by atoms with Crippen molar-refractivity contribution in [2.24, 2.45) is 5.10 Å². The lowest BCUT2D eigenvalue weighted by Crippen LogP contribution is -1.91. The summed E-state index contributed by atoms with van der Waals surface area (Å²) in [4.78, 5) is 3.84. The lowest BCUT2D eigenvalue weighted by atomic mass is 10.2. The largest absolute Gasteiger partial charge is 0.422 e. The predicted octanol–water partition coefficient (Wildman–Crippen LogP) is 2.44. The van der Waals surface area contributed by atoms with Crippen LogP contribution in [0.15, 0.2) is 33.8 Å². The second-order valence-electron chi connectivity index (χ2n) is 3.45. The van der Waals surface area contributed by atoms with Crippen molar-refractivity contribution < 1.29 is 8.81 Å². The Morgan fingerprint density at radius 2 is 2.39 bits per heavy atom. The second-order valence-corrected chi connectivity index (χ2v) is 3.45. The van der Waals surface area contributed by atoms with Crippen molar-refractivity contribution in [3.05, 3.63) is 47.2 Å². The summed E-state index contributed by atoms with van der Waals surface area (Å²) in [5.74, 6) is 0.199. The van der Waals surface area contributed by atoms with Gasteiger partial charge in [0.15, 0.2) is 5.89 Å². The maximum absolute atomic E-state index is 12.9. The van der Waals surface area contributed by atoms with Gasteiger partial charge in [-0.15, -0.1) is 0 Å². The summed E-state index contributed by atoms with van der Waals surface area (Å²) in [5.41, 5.74) is 3.27. The van der Waals surface area contributed by atoms with Crippen LogP contribution in [-0.4, -0.2) is 11.2 Å². The molecule has 0 unspecified atom stereocenters. The lowest BCUT2D eigenvalue weighted by molar-refractivity contribution is 0.533. The van der Waals surface area contributed by atoms with Gasteiger partial charge < -0.3 is 4.42 Å². The summed E-state index contributed by atoms with van der Waals surface area (Å²) in [6, 6.07) is 7.83. The number of nitrogens with zero attached hydrogens (tertiary/aromatic N) is 3. The molecule has 0 aliphatic heterocycles. The SMILES string of the molecule is Cc1nc(C#N)c(NN=Cc2cccc(F)c2)o1. The number of halogens is 1. The number of anilines is 1. The van der Waals surface area contributed by atoms with Crippen LogP contribution in [0.25, 0.3) is 0 Å². The van der Waals surface area contributed by atoms with Gasteiger partial charge in [0.1, 0.15) is 11.9 Å². The highest BCUT2D eigenvalue weighted by Crippen LogP contribution is 2.15. The Morgan fingerprint density at radius 1 is 1.56 bits per heavy atom. The molecule has 1 aromatic carbocycles. The lowest BCUT2D eigenvalue weighted by Gasteiger charge is -1.95. The van der Waals surface area contributed by atoms with Crippen LogP contribution in [0, 0.1) is 24.1 Å². The minimum Gasteiger partial charge on any atom is -0.422 e. The Labute approximate surface area is 103 Å². The highest BCUT2D eigenvalue weighted by Gasteiger charge is 2.08.